The average molecular weight is 303 g/mol. The molecule has 5 heteroatoms. The molecule has 1 aliphatic heterocycles. The number of hydrogen-bond acceptors (Lipinski definition) is 3. The van der Waals surface area contributed by atoms with Gasteiger partial charge in [-0.3, -0.25) is 4.90 Å². The van der Waals surface area contributed by atoms with Gasteiger partial charge in [0, 0.05) is 41.2 Å². The van der Waals surface area contributed by atoms with Gasteiger partial charge >= 0.3 is 0 Å². The maximum absolute atomic E-state index is 13.2. The summed E-state index contributed by atoms with van der Waals surface area (Å²) in [6.45, 7) is 5.94. The van der Waals surface area contributed by atoms with Crippen molar-refractivity contribution in [1.29, 1.82) is 0 Å². The molecule has 1 fully saturated rings. The molecule has 3 atom stereocenters. The Morgan fingerprint density at radius 3 is 2.89 bits per heavy atom. The molecule has 1 aromatic rings. The molecule has 2 rings (SSSR count). The highest BCUT2D eigenvalue weighted by Gasteiger charge is 2.31. The molecule has 1 aromatic carbocycles. The maximum Gasteiger partial charge on any atom is 0.124 e. The van der Waals surface area contributed by atoms with Crippen molar-refractivity contribution < 1.29 is 4.39 Å². The Morgan fingerprint density at radius 1 is 1.53 bits per heavy atom. The van der Waals surface area contributed by atoms with Crippen molar-refractivity contribution in [1.82, 2.24) is 4.90 Å². The van der Waals surface area contributed by atoms with Crippen LogP contribution in [-0.4, -0.2) is 35.0 Å². The molecule has 0 aromatic heterocycles. The van der Waals surface area contributed by atoms with Gasteiger partial charge in [0.05, 0.1) is 0 Å². The zero-order chi connectivity index (χ0) is 14.0. The van der Waals surface area contributed by atoms with Crippen molar-refractivity contribution in [2.75, 3.05) is 18.8 Å². The first-order chi connectivity index (χ1) is 9.04. The summed E-state index contributed by atoms with van der Waals surface area (Å²) in [4.78, 5) is 2.39. The Bertz CT molecular complexity index is 443. The highest BCUT2D eigenvalue weighted by molar-refractivity contribution is 8.00. The second-order valence-electron chi connectivity index (χ2n) is 4.97. The van der Waals surface area contributed by atoms with Crippen molar-refractivity contribution >= 4 is 23.4 Å². The number of benzene rings is 1. The van der Waals surface area contributed by atoms with Crippen molar-refractivity contribution in [3.8, 4) is 0 Å². The van der Waals surface area contributed by atoms with Crippen molar-refractivity contribution in [2.45, 2.75) is 31.2 Å². The minimum Gasteiger partial charge on any atom is -0.329 e. The Morgan fingerprint density at radius 2 is 2.26 bits per heavy atom. The number of nitrogens with zero attached hydrogens (tertiary/aromatic N) is 1. The van der Waals surface area contributed by atoms with Gasteiger partial charge in [0.1, 0.15) is 5.82 Å². The normalized spacial score (nSPS) is 26.4. The third kappa shape index (κ3) is 3.24. The van der Waals surface area contributed by atoms with Crippen LogP contribution in [0.25, 0.3) is 0 Å². The lowest BCUT2D eigenvalue weighted by molar-refractivity contribution is 0.150. The van der Waals surface area contributed by atoms with Crippen LogP contribution in [0.5, 0.6) is 0 Å². The van der Waals surface area contributed by atoms with Crippen LogP contribution in [0.3, 0.4) is 0 Å². The van der Waals surface area contributed by atoms with Crippen molar-refractivity contribution in [2.24, 2.45) is 5.73 Å². The molecular weight excluding hydrogens is 283 g/mol. The van der Waals surface area contributed by atoms with Gasteiger partial charge in [-0.15, -0.1) is 0 Å². The van der Waals surface area contributed by atoms with Crippen LogP contribution >= 0.6 is 23.4 Å². The lowest BCUT2D eigenvalue weighted by Crippen LogP contribution is -2.48. The molecule has 0 aliphatic carbocycles. The topological polar surface area (TPSA) is 29.3 Å². The van der Waals surface area contributed by atoms with Gasteiger partial charge in [-0.05, 0) is 24.6 Å². The fourth-order valence-corrected chi connectivity index (χ4v) is 4.03. The zero-order valence-electron chi connectivity index (χ0n) is 11.3. The van der Waals surface area contributed by atoms with Gasteiger partial charge in [0.2, 0.25) is 0 Å². The number of thioether (sulfide) groups is 1. The summed E-state index contributed by atoms with van der Waals surface area (Å²) in [7, 11) is 0. The second kappa shape index (κ2) is 6.44. The average Bonchev–Trinajstić information content (AvgIpc) is 2.37. The predicted octanol–water partition coefficient (Wildman–Crippen LogP) is 3.30. The van der Waals surface area contributed by atoms with Gasteiger partial charge < -0.3 is 5.73 Å². The van der Waals surface area contributed by atoms with Gasteiger partial charge in [-0.25, -0.2) is 4.39 Å². The van der Waals surface area contributed by atoms with Crippen LogP contribution in [0, 0.1) is 5.82 Å². The van der Waals surface area contributed by atoms with Gasteiger partial charge in [0.15, 0.2) is 0 Å². The van der Waals surface area contributed by atoms with E-state index in [1.807, 2.05) is 11.8 Å². The van der Waals surface area contributed by atoms with Crippen molar-refractivity contribution in [3.63, 3.8) is 0 Å². The van der Waals surface area contributed by atoms with Crippen LogP contribution in [-0.2, 0) is 0 Å². The van der Waals surface area contributed by atoms with Crippen LogP contribution in [0.15, 0.2) is 18.2 Å². The molecule has 1 heterocycles. The summed E-state index contributed by atoms with van der Waals surface area (Å²) >= 11 is 8.16. The molecular formula is C14H20ClFN2S. The molecule has 0 spiro atoms. The molecule has 106 valence electrons. The first-order valence-electron chi connectivity index (χ1n) is 6.57. The summed E-state index contributed by atoms with van der Waals surface area (Å²) in [6.07, 6.45) is 0. The lowest BCUT2D eigenvalue weighted by atomic mass is 10.0. The standard InChI is InChI=1S/C14H20ClFN2S/c1-9-10(2)19-6-5-18(9)14(8-17)12-4-3-11(16)7-13(12)15/h3-4,7,9-10,14H,5-6,8,17H2,1-2H3. The molecule has 2 N–H and O–H groups in total. The Kier molecular flexibility index (Phi) is 5.12. The third-order valence-corrected chi connectivity index (χ3v) is 5.54. The van der Waals surface area contributed by atoms with Crippen LogP contribution in [0.4, 0.5) is 4.39 Å². The summed E-state index contributed by atoms with van der Waals surface area (Å²) in [5.41, 5.74) is 6.88. The molecule has 0 saturated carbocycles. The van der Waals surface area contributed by atoms with E-state index < -0.39 is 0 Å². The summed E-state index contributed by atoms with van der Waals surface area (Å²) in [5, 5.41) is 1.04. The summed E-state index contributed by atoms with van der Waals surface area (Å²) < 4.78 is 13.2. The molecule has 1 aliphatic rings. The monoisotopic (exact) mass is 302 g/mol. The van der Waals surface area contributed by atoms with Gasteiger partial charge in [0.25, 0.3) is 0 Å². The predicted molar refractivity (Wildman–Crippen MR) is 81.3 cm³/mol. The second-order valence-corrected chi connectivity index (χ2v) is 6.86. The summed E-state index contributed by atoms with van der Waals surface area (Å²) in [5.74, 6) is 0.793. The van der Waals surface area contributed by atoms with E-state index in [9.17, 15) is 4.39 Å². The molecule has 0 bridgehead atoms. The highest BCUT2D eigenvalue weighted by Crippen LogP contribution is 2.34. The number of halogens is 2. The highest BCUT2D eigenvalue weighted by atomic mass is 35.5. The summed E-state index contributed by atoms with van der Waals surface area (Å²) in [6, 6.07) is 5.08. The maximum atomic E-state index is 13.2. The smallest absolute Gasteiger partial charge is 0.124 e. The molecule has 0 amide bonds. The van der Waals surface area contributed by atoms with E-state index in [1.54, 1.807) is 6.07 Å². The number of rotatable bonds is 3. The molecule has 0 radical (unpaired) electrons. The SMILES string of the molecule is CC1SCCN(C(CN)c2ccc(F)cc2Cl)C1C. The van der Waals surface area contributed by atoms with E-state index in [-0.39, 0.29) is 11.9 Å². The fraction of sp³-hybridized carbons (Fsp3) is 0.571. The van der Waals surface area contributed by atoms with Crippen LogP contribution in [0.2, 0.25) is 5.02 Å². The fourth-order valence-electron chi connectivity index (χ4n) is 2.61. The largest absolute Gasteiger partial charge is 0.329 e. The minimum atomic E-state index is -0.305. The van der Waals surface area contributed by atoms with E-state index in [2.05, 4.69) is 18.7 Å². The first-order valence-corrected chi connectivity index (χ1v) is 7.99. The van der Waals surface area contributed by atoms with Crippen molar-refractivity contribution in [3.05, 3.63) is 34.6 Å². The quantitative estimate of drug-likeness (QED) is 0.929. The Hall–Kier alpha value is -0.290. The van der Waals surface area contributed by atoms with E-state index in [4.69, 9.17) is 17.3 Å². The third-order valence-electron chi connectivity index (χ3n) is 3.88. The Labute approximate surface area is 123 Å². The number of nitrogens with two attached hydrogens (primary N) is 1. The van der Waals surface area contributed by atoms with Crippen LogP contribution in [0.1, 0.15) is 25.5 Å². The lowest BCUT2D eigenvalue weighted by Gasteiger charge is -2.42. The van der Waals surface area contributed by atoms with Gasteiger partial charge in [-0.1, -0.05) is 24.6 Å². The van der Waals surface area contributed by atoms with E-state index in [0.29, 0.717) is 22.9 Å². The van der Waals surface area contributed by atoms with E-state index >= 15 is 0 Å². The van der Waals surface area contributed by atoms with Gasteiger partial charge in [-0.2, -0.15) is 11.8 Å². The number of hydrogen-bond donors (Lipinski definition) is 1. The molecule has 1 saturated heterocycles. The van der Waals surface area contributed by atoms with E-state index in [1.165, 1.54) is 12.1 Å². The molecule has 3 unspecified atom stereocenters. The zero-order valence-corrected chi connectivity index (χ0v) is 12.8. The van der Waals surface area contributed by atoms with Crippen LogP contribution < -0.4 is 5.73 Å². The molecule has 19 heavy (non-hydrogen) atoms. The minimum absolute atomic E-state index is 0.0615. The molecule has 2 nitrogen and oxygen atoms in total. The van der Waals surface area contributed by atoms with E-state index in [0.717, 1.165) is 17.9 Å². The first kappa shape index (κ1) is 15.1. The Balaban J connectivity index is 2.28.